The first-order chi connectivity index (χ1) is 7.37. The molecule has 4 rings (SSSR count). The highest BCUT2D eigenvalue weighted by molar-refractivity contribution is 8.15. The molecule has 0 N–H and O–H groups in total. The molecule has 3 aliphatic carbocycles. The Bertz CT molecular complexity index is 542. The summed E-state index contributed by atoms with van der Waals surface area (Å²) in [6, 6.07) is 8.34. The fourth-order valence-electron chi connectivity index (χ4n) is 3.23. The van der Waals surface area contributed by atoms with Crippen molar-refractivity contribution in [2.75, 3.05) is 0 Å². The molecule has 3 fully saturated rings. The molecule has 0 spiro atoms. The number of hydrogen-bond donors (Lipinski definition) is 0. The molecule has 3 aliphatic rings. The number of benzene rings is 1. The molecular formula is C12H13ClO2S. The quantitative estimate of drug-likeness (QED) is 0.763. The maximum absolute atomic E-state index is 11.4. The zero-order valence-electron chi connectivity index (χ0n) is 9.03. The second-order valence-corrected chi connectivity index (χ2v) is 8.26. The van der Waals surface area contributed by atoms with Gasteiger partial charge in [-0.15, -0.1) is 0 Å². The highest BCUT2D eigenvalue weighted by Crippen LogP contribution is 2.71. The summed E-state index contributed by atoms with van der Waals surface area (Å²) in [5.74, 6) is 0. The van der Waals surface area contributed by atoms with Gasteiger partial charge in [0.15, 0.2) is 0 Å². The van der Waals surface area contributed by atoms with Gasteiger partial charge in [-0.05, 0) is 37.2 Å². The average Bonchev–Trinajstić information content (AvgIpc) is 1.95. The Hall–Kier alpha value is -0.540. The molecule has 3 saturated carbocycles. The molecule has 0 aliphatic heterocycles. The van der Waals surface area contributed by atoms with Gasteiger partial charge in [-0.25, -0.2) is 8.42 Å². The standard InChI is InChI=1S/C12H13ClO2S/c1-9-3-2-4-10(5-9)11-6-12(7-11,8-11)16(13,14)15/h2-5H,6-8H2,1H3. The Morgan fingerprint density at radius 2 is 1.88 bits per heavy atom. The van der Waals surface area contributed by atoms with Crippen molar-refractivity contribution < 1.29 is 8.42 Å². The van der Waals surface area contributed by atoms with Gasteiger partial charge in [0.25, 0.3) is 0 Å². The van der Waals surface area contributed by atoms with E-state index in [1.54, 1.807) is 0 Å². The van der Waals surface area contributed by atoms with Crippen molar-refractivity contribution in [2.45, 2.75) is 36.3 Å². The van der Waals surface area contributed by atoms with Gasteiger partial charge < -0.3 is 0 Å². The predicted molar refractivity (Wildman–Crippen MR) is 64.2 cm³/mol. The van der Waals surface area contributed by atoms with Crippen molar-refractivity contribution in [1.29, 1.82) is 0 Å². The number of rotatable bonds is 2. The lowest BCUT2D eigenvalue weighted by Crippen LogP contribution is -2.71. The van der Waals surface area contributed by atoms with Gasteiger partial charge in [-0.1, -0.05) is 29.8 Å². The van der Waals surface area contributed by atoms with Crippen LogP contribution in [0.25, 0.3) is 0 Å². The third-order valence-electron chi connectivity index (χ3n) is 4.13. The van der Waals surface area contributed by atoms with E-state index in [-0.39, 0.29) is 5.41 Å². The van der Waals surface area contributed by atoms with E-state index in [4.69, 9.17) is 10.7 Å². The highest BCUT2D eigenvalue weighted by atomic mass is 35.7. The van der Waals surface area contributed by atoms with Crippen molar-refractivity contribution >= 4 is 19.7 Å². The molecule has 1 aromatic rings. The summed E-state index contributed by atoms with van der Waals surface area (Å²) in [5, 5.41) is 0. The van der Waals surface area contributed by atoms with Gasteiger partial charge in [0.05, 0.1) is 4.75 Å². The molecule has 2 nitrogen and oxygen atoms in total. The molecule has 0 unspecified atom stereocenters. The lowest BCUT2D eigenvalue weighted by molar-refractivity contribution is 0.00141. The van der Waals surface area contributed by atoms with Crippen LogP contribution < -0.4 is 0 Å². The minimum atomic E-state index is -3.38. The predicted octanol–water partition coefficient (Wildman–Crippen LogP) is 2.74. The zero-order chi connectivity index (χ0) is 11.6. The summed E-state index contributed by atoms with van der Waals surface area (Å²) in [4.78, 5) is 0. The van der Waals surface area contributed by atoms with Crippen LogP contribution in [-0.2, 0) is 14.5 Å². The van der Waals surface area contributed by atoms with Gasteiger partial charge in [-0.2, -0.15) is 0 Å². The van der Waals surface area contributed by atoms with Crippen LogP contribution in [0.3, 0.4) is 0 Å². The Labute approximate surface area is 100 Å². The molecule has 1 aromatic carbocycles. The first-order valence-corrected chi connectivity index (χ1v) is 7.69. The Morgan fingerprint density at radius 1 is 1.25 bits per heavy atom. The smallest absolute Gasteiger partial charge is 0.212 e. The van der Waals surface area contributed by atoms with Gasteiger partial charge in [0.2, 0.25) is 9.05 Å². The molecule has 0 heterocycles. The van der Waals surface area contributed by atoms with E-state index in [1.165, 1.54) is 11.1 Å². The largest absolute Gasteiger partial charge is 0.238 e. The molecule has 0 atom stereocenters. The van der Waals surface area contributed by atoms with Gasteiger partial charge in [-0.3, -0.25) is 0 Å². The van der Waals surface area contributed by atoms with E-state index in [1.807, 2.05) is 6.07 Å². The van der Waals surface area contributed by atoms with Crippen LogP contribution in [0.15, 0.2) is 24.3 Å². The number of hydrogen-bond acceptors (Lipinski definition) is 2. The van der Waals surface area contributed by atoms with Crippen molar-refractivity contribution in [3.05, 3.63) is 35.4 Å². The van der Waals surface area contributed by atoms with Gasteiger partial charge in [0.1, 0.15) is 0 Å². The summed E-state index contributed by atoms with van der Waals surface area (Å²) in [7, 11) is 2.08. The minimum Gasteiger partial charge on any atom is -0.212 e. The maximum Gasteiger partial charge on any atom is 0.238 e. The van der Waals surface area contributed by atoms with E-state index in [0.29, 0.717) is 19.3 Å². The van der Waals surface area contributed by atoms with Crippen LogP contribution in [0.2, 0.25) is 0 Å². The first-order valence-electron chi connectivity index (χ1n) is 5.38. The van der Waals surface area contributed by atoms with Crippen LogP contribution >= 0.6 is 10.7 Å². The summed E-state index contributed by atoms with van der Waals surface area (Å²) in [6.07, 6.45) is 2.11. The Morgan fingerprint density at radius 3 is 2.38 bits per heavy atom. The Balaban J connectivity index is 1.89. The highest BCUT2D eigenvalue weighted by Gasteiger charge is 2.74. The van der Waals surface area contributed by atoms with Crippen LogP contribution in [0.1, 0.15) is 30.4 Å². The summed E-state index contributed by atoms with van der Waals surface area (Å²) in [6.45, 7) is 2.06. The zero-order valence-corrected chi connectivity index (χ0v) is 10.6. The van der Waals surface area contributed by atoms with Crippen molar-refractivity contribution in [2.24, 2.45) is 0 Å². The van der Waals surface area contributed by atoms with Crippen molar-refractivity contribution in [1.82, 2.24) is 0 Å². The lowest BCUT2D eigenvalue weighted by atomic mass is 9.41. The van der Waals surface area contributed by atoms with Crippen molar-refractivity contribution in [3.63, 3.8) is 0 Å². The Kier molecular flexibility index (Phi) is 1.87. The molecule has 16 heavy (non-hydrogen) atoms. The molecule has 2 bridgehead atoms. The molecule has 0 amide bonds. The van der Waals surface area contributed by atoms with Gasteiger partial charge in [0, 0.05) is 10.7 Å². The van der Waals surface area contributed by atoms with Crippen LogP contribution in [-0.4, -0.2) is 13.2 Å². The summed E-state index contributed by atoms with van der Waals surface area (Å²) >= 11 is 0. The monoisotopic (exact) mass is 256 g/mol. The lowest BCUT2D eigenvalue weighted by Gasteiger charge is -2.68. The van der Waals surface area contributed by atoms with E-state index in [9.17, 15) is 8.42 Å². The van der Waals surface area contributed by atoms with E-state index >= 15 is 0 Å². The summed E-state index contributed by atoms with van der Waals surface area (Å²) in [5.41, 5.74) is 2.60. The molecule has 86 valence electrons. The molecule has 0 saturated heterocycles. The van der Waals surface area contributed by atoms with Gasteiger partial charge >= 0.3 is 0 Å². The molecule has 0 radical (unpaired) electrons. The van der Waals surface area contributed by atoms with Crippen LogP contribution in [0.5, 0.6) is 0 Å². The second-order valence-electron chi connectivity index (χ2n) is 5.30. The van der Waals surface area contributed by atoms with E-state index < -0.39 is 13.8 Å². The molecule has 0 aromatic heterocycles. The molecular weight excluding hydrogens is 244 g/mol. The number of aryl methyl sites for hydroxylation is 1. The third-order valence-corrected chi connectivity index (χ3v) is 6.58. The second kappa shape index (κ2) is 2.82. The normalized spacial score (nSPS) is 36.4. The third kappa shape index (κ3) is 1.16. The maximum atomic E-state index is 11.4. The fourth-order valence-corrected chi connectivity index (χ4v) is 5.07. The number of halogens is 1. The molecule has 4 heteroatoms. The van der Waals surface area contributed by atoms with Crippen LogP contribution in [0, 0.1) is 6.92 Å². The first kappa shape index (κ1) is 10.6. The van der Waals surface area contributed by atoms with Crippen molar-refractivity contribution in [3.8, 4) is 0 Å². The SMILES string of the molecule is Cc1cccc(C23CC(S(=O)(=O)Cl)(C2)C3)c1. The topological polar surface area (TPSA) is 34.1 Å². The van der Waals surface area contributed by atoms with E-state index in [2.05, 4.69) is 25.1 Å². The van der Waals surface area contributed by atoms with Crippen LogP contribution in [0.4, 0.5) is 0 Å². The van der Waals surface area contributed by atoms with E-state index in [0.717, 1.165) is 0 Å². The fraction of sp³-hybridized carbons (Fsp3) is 0.500. The summed E-state index contributed by atoms with van der Waals surface area (Å²) < 4.78 is 22.2. The average molecular weight is 257 g/mol. The minimum absolute atomic E-state index is 0.105.